The number of aromatic nitrogens is 2. The summed E-state index contributed by atoms with van der Waals surface area (Å²) in [7, 11) is 0. The number of fused-ring (bicyclic) bond motifs is 1. The Balaban J connectivity index is 1.85. The molecule has 1 heterocycles. The molecule has 5 nitrogen and oxygen atoms in total. The normalized spacial score (nSPS) is 11.3. The summed E-state index contributed by atoms with van der Waals surface area (Å²) >= 11 is 0. The van der Waals surface area contributed by atoms with Crippen molar-refractivity contribution in [2.24, 2.45) is 0 Å². The molecule has 0 aliphatic heterocycles. The number of nitrogens with one attached hydrogen (secondary N) is 1. The second-order valence-corrected chi connectivity index (χ2v) is 7.75. The van der Waals surface area contributed by atoms with Crippen molar-refractivity contribution >= 4 is 10.8 Å². The maximum Gasteiger partial charge on any atom is 0.274 e. The van der Waals surface area contributed by atoms with Gasteiger partial charge in [0.2, 0.25) is 0 Å². The Morgan fingerprint density at radius 2 is 1.67 bits per heavy atom. The number of ether oxygens (including phenoxy) is 1. The Labute approximate surface area is 179 Å². The third-order valence-electron chi connectivity index (χ3n) is 5.68. The molecule has 0 radical (unpaired) electrons. The minimum Gasteiger partial charge on any atom is -0.494 e. The summed E-state index contributed by atoms with van der Waals surface area (Å²) in [6.45, 7) is 10.9. The lowest BCUT2D eigenvalue weighted by Crippen LogP contribution is -3.11. The van der Waals surface area contributed by atoms with E-state index < -0.39 is 0 Å². The maximum atomic E-state index is 13.0. The van der Waals surface area contributed by atoms with Gasteiger partial charge in [-0.3, -0.25) is 4.79 Å². The summed E-state index contributed by atoms with van der Waals surface area (Å²) in [6.07, 6.45) is 2.88. The number of unbranched alkanes of at least 4 members (excludes halogenated alkanes) is 1. The van der Waals surface area contributed by atoms with E-state index in [1.165, 1.54) is 4.90 Å². The minimum absolute atomic E-state index is 0.000535. The molecular formula is C25H34N3O2+. The highest BCUT2D eigenvalue weighted by Gasteiger charge is 2.12. The molecule has 160 valence electrons. The highest BCUT2D eigenvalue weighted by atomic mass is 16.5. The Hall–Kier alpha value is -2.66. The van der Waals surface area contributed by atoms with Crippen LogP contribution in [-0.4, -0.2) is 36.0 Å². The average Bonchev–Trinajstić information content (AvgIpc) is 2.78. The largest absolute Gasteiger partial charge is 0.494 e. The predicted molar refractivity (Wildman–Crippen MR) is 123 cm³/mol. The first-order chi connectivity index (χ1) is 14.7. The average molecular weight is 409 g/mol. The first kappa shape index (κ1) is 22.0. The quantitative estimate of drug-likeness (QED) is 0.496. The Kier molecular flexibility index (Phi) is 8.03. The molecule has 2 aromatic carbocycles. The molecule has 0 aliphatic carbocycles. The summed E-state index contributed by atoms with van der Waals surface area (Å²) in [5.41, 5.74) is 2.11. The molecule has 1 N–H and O–H groups in total. The van der Waals surface area contributed by atoms with Crippen molar-refractivity contribution in [2.75, 3.05) is 26.2 Å². The zero-order valence-corrected chi connectivity index (χ0v) is 18.5. The third-order valence-corrected chi connectivity index (χ3v) is 5.68. The lowest BCUT2D eigenvalue weighted by molar-refractivity contribution is -0.897. The smallest absolute Gasteiger partial charge is 0.274 e. The van der Waals surface area contributed by atoms with Crippen LogP contribution < -0.4 is 15.2 Å². The van der Waals surface area contributed by atoms with Crippen molar-refractivity contribution in [1.82, 2.24) is 9.78 Å². The molecule has 0 bridgehead atoms. The molecule has 5 heteroatoms. The van der Waals surface area contributed by atoms with Crippen LogP contribution in [0.25, 0.3) is 10.8 Å². The topological polar surface area (TPSA) is 48.6 Å². The van der Waals surface area contributed by atoms with Crippen LogP contribution in [0.15, 0.2) is 53.3 Å². The number of hydrogen-bond acceptors (Lipinski definition) is 3. The van der Waals surface area contributed by atoms with E-state index in [1.807, 2.05) is 36.4 Å². The summed E-state index contributed by atoms with van der Waals surface area (Å²) in [5.74, 6) is 0.900. The van der Waals surface area contributed by atoms with Gasteiger partial charge < -0.3 is 9.64 Å². The fourth-order valence-electron chi connectivity index (χ4n) is 3.69. The molecule has 1 aromatic heterocycles. The molecule has 0 saturated heterocycles. The van der Waals surface area contributed by atoms with Crippen molar-refractivity contribution in [3.05, 3.63) is 70.1 Å². The van der Waals surface area contributed by atoms with Gasteiger partial charge in [-0.1, -0.05) is 43.7 Å². The highest BCUT2D eigenvalue weighted by molar-refractivity contribution is 5.83. The van der Waals surface area contributed by atoms with E-state index in [4.69, 9.17) is 9.84 Å². The fraction of sp³-hybridized carbons (Fsp3) is 0.440. The Bertz CT molecular complexity index is 991. The molecule has 30 heavy (non-hydrogen) atoms. The molecule has 0 spiro atoms. The SMILES string of the molecule is CCCCOc1ccc(Cc2nn(CC[NH+](CC)CC)c(=O)c3ccccc23)cc1. The predicted octanol–water partition coefficient (Wildman–Crippen LogP) is 3.09. The number of rotatable bonds is 11. The number of hydrogen-bond donors (Lipinski definition) is 1. The van der Waals surface area contributed by atoms with Crippen LogP contribution in [0.2, 0.25) is 0 Å². The van der Waals surface area contributed by atoms with E-state index in [-0.39, 0.29) is 5.56 Å². The Morgan fingerprint density at radius 3 is 2.33 bits per heavy atom. The standard InChI is InChI=1S/C25H33N3O2/c1-4-7-18-30-21-14-12-20(13-15-21)19-24-22-10-8-9-11-23(22)25(29)28(26-24)17-16-27(5-2)6-3/h8-15H,4-7,16-19H2,1-3H3/p+1. The first-order valence-corrected chi connectivity index (χ1v) is 11.2. The lowest BCUT2D eigenvalue weighted by Gasteiger charge is -2.16. The lowest BCUT2D eigenvalue weighted by atomic mass is 10.0. The molecule has 0 amide bonds. The second-order valence-electron chi connectivity index (χ2n) is 7.75. The highest BCUT2D eigenvalue weighted by Crippen LogP contribution is 2.19. The molecule has 3 aromatic rings. The van der Waals surface area contributed by atoms with Crippen LogP contribution >= 0.6 is 0 Å². The fourth-order valence-corrected chi connectivity index (χ4v) is 3.69. The minimum atomic E-state index is 0.000535. The van der Waals surface area contributed by atoms with Crippen LogP contribution in [0.1, 0.15) is 44.9 Å². The number of nitrogens with zero attached hydrogens (tertiary/aromatic N) is 2. The first-order valence-electron chi connectivity index (χ1n) is 11.2. The van der Waals surface area contributed by atoms with Gasteiger partial charge in [0.05, 0.1) is 43.9 Å². The summed E-state index contributed by atoms with van der Waals surface area (Å²) in [4.78, 5) is 14.4. The number of quaternary nitrogens is 1. The maximum absolute atomic E-state index is 13.0. The van der Waals surface area contributed by atoms with Crippen LogP contribution in [0.5, 0.6) is 5.75 Å². The molecule has 0 aliphatic rings. The summed E-state index contributed by atoms with van der Waals surface area (Å²) in [6, 6.07) is 16.0. The van der Waals surface area contributed by atoms with E-state index in [1.54, 1.807) is 4.68 Å². The van der Waals surface area contributed by atoms with Crippen molar-refractivity contribution in [3.8, 4) is 5.75 Å². The van der Waals surface area contributed by atoms with Gasteiger partial charge in [-0.2, -0.15) is 5.10 Å². The van der Waals surface area contributed by atoms with Crippen molar-refractivity contribution in [1.29, 1.82) is 0 Å². The third kappa shape index (κ3) is 5.48. The van der Waals surface area contributed by atoms with E-state index in [2.05, 4.69) is 32.9 Å². The molecule has 0 saturated carbocycles. The van der Waals surface area contributed by atoms with Crippen molar-refractivity contribution < 1.29 is 9.64 Å². The zero-order chi connectivity index (χ0) is 21.3. The molecule has 3 rings (SSSR count). The van der Waals surface area contributed by atoms with Gasteiger partial charge in [-0.25, -0.2) is 4.68 Å². The summed E-state index contributed by atoms with van der Waals surface area (Å²) < 4.78 is 7.43. The van der Waals surface area contributed by atoms with E-state index in [0.717, 1.165) is 66.9 Å². The van der Waals surface area contributed by atoms with Crippen molar-refractivity contribution in [3.63, 3.8) is 0 Å². The molecule has 0 fully saturated rings. The molecule has 0 atom stereocenters. The van der Waals surface area contributed by atoms with Gasteiger partial charge >= 0.3 is 0 Å². The summed E-state index contributed by atoms with van der Waals surface area (Å²) in [5, 5.41) is 6.47. The van der Waals surface area contributed by atoms with E-state index >= 15 is 0 Å². The van der Waals surface area contributed by atoms with Crippen molar-refractivity contribution in [2.45, 2.75) is 46.6 Å². The van der Waals surface area contributed by atoms with Crippen LogP contribution in [0, 0.1) is 0 Å². The van der Waals surface area contributed by atoms with Gasteiger partial charge in [0.25, 0.3) is 5.56 Å². The number of likely N-dealkylation sites (N-methyl/N-ethyl adjacent to an activating group) is 1. The van der Waals surface area contributed by atoms with Crippen LogP contribution in [0.4, 0.5) is 0 Å². The van der Waals surface area contributed by atoms with Gasteiger partial charge in [-0.15, -0.1) is 0 Å². The molecule has 0 unspecified atom stereocenters. The van der Waals surface area contributed by atoms with Crippen LogP contribution in [0.3, 0.4) is 0 Å². The van der Waals surface area contributed by atoms with Crippen LogP contribution in [-0.2, 0) is 13.0 Å². The van der Waals surface area contributed by atoms with Gasteiger partial charge in [0.15, 0.2) is 0 Å². The Morgan fingerprint density at radius 1 is 0.967 bits per heavy atom. The second kappa shape index (κ2) is 10.9. The monoisotopic (exact) mass is 408 g/mol. The van der Waals surface area contributed by atoms with Gasteiger partial charge in [-0.05, 0) is 44.0 Å². The van der Waals surface area contributed by atoms with E-state index in [9.17, 15) is 4.79 Å². The van der Waals surface area contributed by atoms with Gasteiger partial charge in [0, 0.05) is 11.8 Å². The van der Waals surface area contributed by atoms with E-state index in [0.29, 0.717) is 13.0 Å². The zero-order valence-electron chi connectivity index (χ0n) is 18.5. The van der Waals surface area contributed by atoms with Gasteiger partial charge in [0.1, 0.15) is 5.75 Å². The molecular weight excluding hydrogens is 374 g/mol. The number of benzene rings is 2.